The molecule has 31 heavy (non-hydrogen) atoms. The first-order chi connectivity index (χ1) is 14.8. The van der Waals surface area contributed by atoms with Crippen molar-refractivity contribution in [2.24, 2.45) is 0 Å². The fourth-order valence-corrected chi connectivity index (χ4v) is 3.74. The van der Waals surface area contributed by atoms with Gasteiger partial charge in [-0.1, -0.05) is 42.5 Å². The summed E-state index contributed by atoms with van der Waals surface area (Å²) < 4.78 is 14.7. The van der Waals surface area contributed by atoms with Crippen LogP contribution in [0, 0.1) is 9.39 Å². The highest BCUT2D eigenvalue weighted by atomic mass is 127. The Balaban J connectivity index is 1.55. The maximum absolute atomic E-state index is 13.8. The summed E-state index contributed by atoms with van der Waals surface area (Å²) in [6.45, 7) is 1.62. The van der Waals surface area contributed by atoms with E-state index in [4.69, 9.17) is 0 Å². The van der Waals surface area contributed by atoms with Crippen LogP contribution in [0.2, 0.25) is 0 Å². The van der Waals surface area contributed by atoms with E-state index in [-0.39, 0.29) is 23.8 Å². The first-order valence-corrected chi connectivity index (χ1v) is 10.8. The zero-order chi connectivity index (χ0) is 22.4. The zero-order valence-electron chi connectivity index (χ0n) is 16.8. The zero-order valence-corrected chi connectivity index (χ0v) is 19.0. The van der Waals surface area contributed by atoms with E-state index in [9.17, 15) is 19.1 Å². The van der Waals surface area contributed by atoms with Gasteiger partial charge >= 0.3 is 0 Å². The average Bonchev–Trinajstić information content (AvgIpc) is 2.75. The van der Waals surface area contributed by atoms with Gasteiger partial charge in [-0.05, 0) is 65.4 Å². The molecule has 3 aromatic carbocycles. The minimum absolute atomic E-state index is 0.0964. The summed E-state index contributed by atoms with van der Waals surface area (Å²) in [6.07, 6.45) is -1.05. The van der Waals surface area contributed by atoms with Gasteiger partial charge in [0, 0.05) is 14.8 Å². The molecule has 2 unspecified atom stereocenters. The standard InChI is InChI=1S/C24H22FIN2O3/c1-15(23(30)18-6-2-4-8-20(18)25)27-22(29)14-16-10-12-17(13-11-16)28-24(31)19-7-3-5-9-21(19)26/h2-13,15,23,30H,14H2,1H3,(H,27,29)(H,28,31). The third-order valence-corrected chi connectivity index (χ3v) is 5.72. The summed E-state index contributed by atoms with van der Waals surface area (Å²) in [5, 5.41) is 15.9. The first kappa shape index (κ1) is 22.9. The Hall–Kier alpha value is -2.78. The lowest BCUT2D eigenvalue weighted by Gasteiger charge is -2.21. The molecule has 0 saturated heterocycles. The van der Waals surface area contributed by atoms with Crippen molar-refractivity contribution in [1.82, 2.24) is 5.32 Å². The van der Waals surface area contributed by atoms with E-state index in [2.05, 4.69) is 33.2 Å². The first-order valence-electron chi connectivity index (χ1n) is 9.72. The molecule has 5 nitrogen and oxygen atoms in total. The van der Waals surface area contributed by atoms with Crippen molar-refractivity contribution in [1.29, 1.82) is 0 Å². The SMILES string of the molecule is CC(NC(=O)Cc1ccc(NC(=O)c2ccccc2I)cc1)C(O)c1ccccc1F. The summed E-state index contributed by atoms with van der Waals surface area (Å²) in [5.74, 6) is -1.01. The normalized spacial score (nSPS) is 12.6. The van der Waals surface area contributed by atoms with Gasteiger partial charge < -0.3 is 15.7 Å². The van der Waals surface area contributed by atoms with Crippen LogP contribution in [0.5, 0.6) is 0 Å². The number of rotatable bonds is 7. The molecule has 0 aliphatic rings. The fraction of sp³-hybridized carbons (Fsp3) is 0.167. The number of aliphatic hydroxyl groups excluding tert-OH is 1. The van der Waals surface area contributed by atoms with Crippen LogP contribution in [-0.4, -0.2) is 23.0 Å². The summed E-state index contributed by atoms with van der Waals surface area (Å²) in [7, 11) is 0. The second-order valence-electron chi connectivity index (χ2n) is 7.13. The number of amides is 2. The van der Waals surface area contributed by atoms with E-state index in [0.29, 0.717) is 11.3 Å². The van der Waals surface area contributed by atoms with E-state index in [1.165, 1.54) is 12.1 Å². The van der Waals surface area contributed by atoms with E-state index in [0.717, 1.165) is 9.13 Å². The highest BCUT2D eigenvalue weighted by Gasteiger charge is 2.21. The number of halogens is 2. The van der Waals surface area contributed by atoms with Crippen LogP contribution in [0.3, 0.4) is 0 Å². The number of carbonyl (C=O) groups excluding carboxylic acids is 2. The van der Waals surface area contributed by atoms with Crippen LogP contribution in [0.4, 0.5) is 10.1 Å². The Bertz CT molecular complexity index is 1070. The molecular weight excluding hydrogens is 510 g/mol. The topological polar surface area (TPSA) is 78.4 Å². The lowest BCUT2D eigenvalue weighted by Crippen LogP contribution is -2.38. The van der Waals surface area contributed by atoms with Crippen molar-refractivity contribution in [3.8, 4) is 0 Å². The van der Waals surface area contributed by atoms with Crippen molar-refractivity contribution >= 4 is 40.1 Å². The van der Waals surface area contributed by atoms with Gasteiger partial charge in [0.25, 0.3) is 5.91 Å². The number of nitrogens with one attached hydrogen (secondary N) is 2. The molecule has 0 aromatic heterocycles. The smallest absolute Gasteiger partial charge is 0.256 e. The molecule has 2 atom stereocenters. The van der Waals surface area contributed by atoms with E-state index < -0.39 is 18.0 Å². The summed E-state index contributed by atoms with van der Waals surface area (Å²) in [5.41, 5.74) is 2.10. The second kappa shape index (κ2) is 10.5. The summed E-state index contributed by atoms with van der Waals surface area (Å²) in [4.78, 5) is 24.7. The van der Waals surface area contributed by atoms with Gasteiger partial charge in [0.1, 0.15) is 11.9 Å². The van der Waals surface area contributed by atoms with Crippen LogP contribution in [0.25, 0.3) is 0 Å². The van der Waals surface area contributed by atoms with Gasteiger partial charge in [0.2, 0.25) is 5.91 Å². The molecule has 2 amide bonds. The fourth-order valence-electron chi connectivity index (χ4n) is 3.10. The van der Waals surface area contributed by atoms with Crippen molar-refractivity contribution in [3.63, 3.8) is 0 Å². The number of anilines is 1. The van der Waals surface area contributed by atoms with Crippen LogP contribution in [0.15, 0.2) is 72.8 Å². The molecule has 0 aliphatic heterocycles. The van der Waals surface area contributed by atoms with E-state index in [1.54, 1.807) is 49.4 Å². The molecule has 3 rings (SSSR count). The molecule has 3 aromatic rings. The van der Waals surface area contributed by atoms with Crippen molar-refractivity contribution in [2.45, 2.75) is 25.5 Å². The molecule has 7 heteroatoms. The minimum atomic E-state index is -1.15. The Morgan fingerprint density at radius 1 is 1.00 bits per heavy atom. The van der Waals surface area contributed by atoms with Crippen molar-refractivity contribution < 1.29 is 19.1 Å². The highest BCUT2D eigenvalue weighted by Crippen LogP contribution is 2.20. The minimum Gasteiger partial charge on any atom is -0.386 e. The molecule has 0 fully saturated rings. The van der Waals surface area contributed by atoms with Crippen LogP contribution in [-0.2, 0) is 11.2 Å². The lowest BCUT2D eigenvalue weighted by molar-refractivity contribution is -0.121. The van der Waals surface area contributed by atoms with Crippen molar-refractivity contribution in [3.05, 3.63) is 98.9 Å². The lowest BCUT2D eigenvalue weighted by atomic mass is 10.0. The van der Waals surface area contributed by atoms with Crippen molar-refractivity contribution in [2.75, 3.05) is 5.32 Å². The monoisotopic (exact) mass is 532 g/mol. The second-order valence-corrected chi connectivity index (χ2v) is 8.29. The predicted molar refractivity (Wildman–Crippen MR) is 126 cm³/mol. The molecule has 0 heterocycles. The molecular formula is C24H22FIN2O3. The molecule has 0 aliphatic carbocycles. The Morgan fingerprint density at radius 3 is 2.32 bits per heavy atom. The van der Waals surface area contributed by atoms with Gasteiger partial charge in [-0.2, -0.15) is 0 Å². The van der Waals surface area contributed by atoms with Crippen LogP contribution in [0.1, 0.15) is 34.5 Å². The van der Waals surface area contributed by atoms with E-state index >= 15 is 0 Å². The molecule has 0 spiro atoms. The number of benzene rings is 3. The number of hydrogen-bond donors (Lipinski definition) is 3. The van der Waals surface area contributed by atoms with Gasteiger partial charge in [-0.25, -0.2) is 4.39 Å². The summed E-state index contributed by atoms with van der Waals surface area (Å²) >= 11 is 2.11. The number of carbonyl (C=O) groups is 2. The van der Waals surface area contributed by atoms with Crippen LogP contribution >= 0.6 is 22.6 Å². The highest BCUT2D eigenvalue weighted by molar-refractivity contribution is 14.1. The Labute approximate surface area is 193 Å². The molecule has 0 radical (unpaired) electrons. The van der Waals surface area contributed by atoms with Gasteiger partial charge in [-0.15, -0.1) is 0 Å². The molecule has 3 N–H and O–H groups in total. The Morgan fingerprint density at radius 2 is 1.65 bits per heavy atom. The van der Waals surface area contributed by atoms with Crippen LogP contribution < -0.4 is 10.6 Å². The molecule has 0 saturated carbocycles. The largest absolute Gasteiger partial charge is 0.386 e. The summed E-state index contributed by atoms with van der Waals surface area (Å²) in [6, 6.07) is 19.5. The number of aliphatic hydroxyl groups is 1. The third kappa shape index (κ3) is 6.11. The average molecular weight is 532 g/mol. The molecule has 0 bridgehead atoms. The third-order valence-electron chi connectivity index (χ3n) is 4.78. The number of hydrogen-bond acceptors (Lipinski definition) is 3. The van der Waals surface area contributed by atoms with Gasteiger partial charge in [0.15, 0.2) is 0 Å². The maximum atomic E-state index is 13.8. The quantitative estimate of drug-likeness (QED) is 0.394. The maximum Gasteiger partial charge on any atom is 0.256 e. The Kier molecular flexibility index (Phi) is 7.75. The van der Waals surface area contributed by atoms with Gasteiger partial charge in [-0.3, -0.25) is 9.59 Å². The predicted octanol–water partition coefficient (Wildman–Crippen LogP) is 4.46. The van der Waals surface area contributed by atoms with Gasteiger partial charge in [0.05, 0.1) is 18.0 Å². The molecule has 160 valence electrons. The van der Waals surface area contributed by atoms with E-state index in [1.807, 2.05) is 18.2 Å².